The normalized spacial score (nSPS) is 17.7. The zero-order valence-corrected chi connectivity index (χ0v) is 15.6. The van der Waals surface area contributed by atoms with E-state index in [0.717, 1.165) is 23.0 Å². The van der Waals surface area contributed by atoms with Gasteiger partial charge >= 0.3 is 5.97 Å². The monoisotopic (exact) mass is 364 g/mol. The molecule has 1 aliphatic rings. The predicted molar refractivity (Wildman–Crippen MR) is 102 cm³/mol. The molecule has 1 saturated heterocycles. The minimum Gasteiger partial charge on any atom is -0.480 e. The van der Waals surface area contributed by atoms with Crippen LogP contribution in [0.2, 0.25) is 0 Å². The van der Waals surface area contributed by atoms with Gasteiger partial charge in [0.15, 0.2) is 0 Å². The van der Waals surface area contributed by atoms with E-state index in [1.165, 1.54) is 4.90 Å². The van der Waals surface area contributed by atoms with Gasteiger partial charge in [0.25, 0.3) is 5.91 Å². The van der Waals surface area contributed by atoms with Crippen molar-refractivity contribution in [3.8, 4) is 0 Å². The molecule has 2 rings (SSSR count). The molecule has 1 N–H and O–H groups in total. The Morgan fingerprint density at radius 2 is 1.88 bits per heavy atom. The fraction of sp³-hybridized carbons (Fsp3) is 0.353. The number of hydrogen-bond acceptors (Lipinski definition) is 5. The lowest BCUT2D eigenvalue weighted by Gasteiger charge is -2.26. The summed E-state index contributed by atoms with van der Waals surface area (Å²) in [5, 5.41) is 9.41. The average Bonchev–Trinajstić information content (AvgIpc) is 2.75. The Bertz CT molecular complexity index is 696. The molecular weight excluding hydrogens is 344 g/mol. The highest BCUT2D eigenvalue weighted by atomic mass is 32.2. The van der Waals surface area contributed by atoms with Gasteiger partial charge in [-0.25, -0.2) is 4.79 Å². The smallest absolute Gasteiger partial charge is 0.327 e. The van der Waals surface area contributed by atoms with Gasteiger partial charge in [0, 0.05) is 19.8 Å². The molecule has 0 radical (unpaired) electrons. The second-order valence-corrected chi connectivity index (χ2v) is 7.74. The second-order valence-electron chi connectivity index (χ2n) is 6.06. The third kappa shape index (κ3) is 3.79. The maximum Gasteiger partial charge on any atom is 0.327 e. The number of carboxylic acid groups (broad SMARTS) is 1. The van der Waals surface area contributed by atoms with Crippen LogP contribution in [-0.4, -0.2) is 46.3 Å². The molecule has 128 valence electrons. The summed E-state index contributed by atoms with van der Waals surface area (Å²) >= 11 is 6.38. The number of carbonyl (C=O) groups is 2. The second kappa shape index (κ2) is 7.36. The van der Waals surface area contributed by atoms with Gasteiger partial charge in [0.2, 0.25) is 0 Å². The van der Waals surface area contributed by atoms with E-state index in [0.29, 0.717) is 4.91 Å². The fourth-order valence-corrected chi connectivity index (χ4v) is 3.76. The Morgan fingerprint density at radius 3 is 2.33 bits per heavy atom. The lowest BCUT2D eigenvalue weighted by Crippen LogP contribution is -2.47. The van der Waals surface area contributed by atoms with Gasteiger partial charge in [0.1, 0.15) is 10.4 Å². The number of carbonyl (C=O) groups excluding carboxylic acids is 1. The molecule has 1 atom stereocenters. The highest BCUT2D eigenvalue weighted by molar-refractivity contribution is 8.26. The average molecular weight is 364 g/mol. The predicted octanol–water partition coefficient (Wildman–Crippen LogP) is 3.06. The lowest BCUT2D eigenvalue weighted by atomic mass is 10.0. The molecule has 1 amide bonds. The Balaban J connectivity index is 2.29. The number of thiocarbonyl (C=S) groups is 1. The molecule has 0 bridgehead atoms. The Morgan fingerprint density at radius 1 is 1.29 bits per heavy atom. The van der Waals surface area contributed by atoms with Crippen LogP contribution in [0.5, 0.6) is 0 Å². The number of amides is 1. The number of nitrogens with zero attached hydrogens (tertiary/aromatic N) is 2. The molecule has 0 saturated carbocycles. The van der Waals surface area contributed by atoms with Crippen LogP contribution < -0.4 is 4.90 Å². The molecule has 1 unspecified atom stereocenters. The van der Waals surface area contributed by atoms with E-state index >= 15 is 0 Å². The zero-order chi connectivity index (χ0) is 18.0. The summed E-state index contributed by atoms with van der Waals surface area (Å²) in [7, 11) is 3.91. The van der Waals surface area contributed by atoms with Crippen LogP contribution >= 0.6 is 24.0 Å². The maximum atomic E-state index is 12.6. The van der Waals surface area contributed by atoms with Crippen molar-refractivity contribution in [1.29, 1.82) is 0 Å². The van der Waals surface area contributed by atoms with Gasteiger partial charge < -0.3 is 10.0 Å². The third-order valence-corrected chi connectivity index (χ3v) is 5.02. The number of anilines is 1. The number of aliphatic carboxylic acids is 1. The minimum absolute atomic E-state index is 0.233. The molecule has 1 heterocycles. The molecule has 0 aliphatic carbocycles. The topological polar surface area (TPSA) is 60.9 Å². The van der Waals surface area contributed by atoms with Gasteiger partial charge in [-0.1, -0.05) is 50.0 Å². The van der Waals surface area contributed by atoms with E-state index < -0.39 is 12.0 Å². The summed E-state index contributed by atoms with van der Waals surface area (Å²) < 4.78 is 0.289. The van der Waals surface area contributed by atoms with Gasteiger partial charge in [0.05, 0.1) is 4.91 Å². The van der Waals surface area contributed by atoms with Crippen LogP contribution in [0.4, 0.5) is 5.69 Å². The summed E-state index contributed by atoms with van der Waals surface area (Å²) in [5.41, 5.74) is 1.93. The van der Waals surface area contributed by atoms with Gasteiger partial charge in [-0.15, -0.1) is 0 Å². The van der Waals surface area contributed by atoms with Crippen molar-refractivity contribution in [1.82, 2.24) is 4.90 Å². The van der Waals surface area contributed by atoms with Crippen molar-refractivity contribution in [2.45, 2.75) is 19.9 Å². The van der Waals surface area contributed by atoms with Gasteiger partial charge in [-0.3, -0.25) is 9.69 Å². The van der Waals surface area contributed by atoms with E-state index in [2.05, 4.69) is 0 Å². The Kier molecular flexibility index (Phi) is 5.66. The highest BCUT2D eigenvalue weighted by Gasteiger charge is 2.41. The summed E-state index contributed by atoms with van der Waals surface area (Å²) in [4.78, 5) is 27.8. The zero-order valence-electron chi connectivity index (χ0n) is 14.0. The van der Waals surface area contributed by atoms with Crippen LogP contribution in [-0.2, 0) is 9.59 Å². The Hall–Kier alpha value is -1.86. The van der Waals surface area contributed by atoms with Crippen LogP contribution in [0, 0.1) is 5.92 Å². The largest absolute Gasteiger partial charge is 0.480 e. The number of hydrogen-bond donors (Lipinski definition) is 1. The summed E-state index contributed by atoms with van der Waals surface area (Å²) in [5.74, 6) is -1.62. The van der Waals surface area contributed by atoms with Gasteiger partial charge in [-0.2, -0.15) is 0 Å². The molecule has 1 aromatic rings. The maximum absolute atomic E-state index is 12.6. The molecule has 0 aromatic heterocycles. The molecule has 1 aromatic carbocycles. The quantitative estimate of drug-likeness (QED) is 0.640. The number of thioether (sulfide) groups is 1. The van der Waals surface area contributed by atoms with E-state index in [4.69, 9.17) is 12.2 Å². The molecule has 5 nitrogen and oxygen atoms in total. The molecule has 7 heteroatoms. The summed E-state index contributed by atoms with van der Waals surface area (Å²) in [6.07, 6.45) is 1.75. The van der Waals surface area contributed by atoms with Crippen molar-refractivity contribution >= 4 is 51.9 Å². The highest BCUT2D eigenvalue weighted by Crippen LogP contribution is 2.35. The van der Waals surface area contributed by atoms with Crippen molar-refractivity contribution in [3.63, 3.8) is 0 Å². The summed E-state index contributed by atoms with van der Waals surface area (Å²) in [6.45, 7) is 3.53. The number of carboxylic acids is 1. The van der Waals surface area contributed by atoms with Crippen LogP contribution in [0.1, 0.15) is 19.4 Å². The number of benzene rings is 1. The van der Waals surface area contributed by atoms with Crippen LogP contribution in [0.15, 0.2) is 29.2 Å². The first-order chi connectivity index (χ1) is 11.2. The van der Waals surface area contributed by atoms with Crippen LogP contribution in [0.25, 0.3) is 6.08 Å². The van der Waals surface area contributed by atoms with Gasteiger partial charge in [-0.05, 0) is 29.7 Å². The molecule has 1 fully saturated rings. The van der Waals surface area contributed by atoms with E-state index in [9.17, 15) is 14.7 Å². The molecule has 0 spiro atoms. The number of rotatable bonds is 5. The first-order valence-corrected chi connectivity index (χ1v) is 8.72. The first kappa shape index (κ1) is 18.5. The Labute approximate surface area is 151 Å². The van der Waals surface area contributed by atoms with Crippen molar-refractivity contribution in [2.24, 2.45) is 5.92 Å². The van der Waals surface area contributed by atoms with E-state index in [-0.39, 0.29) is 16.1 Å². The van der Waals surface area contributed by atoms with Crippen molar-refractivity contribution in [3.05, 3.63) is 34.7 Å². The van der Waals surface area contributed by atoms with E-state index in [1.54, 1.807) is 19.9 Å². The van der Waals surface area contributed by atoms with Crippen molar-refractivity contribution < 1.29 is 14.7 Å². The third-order valence-electron chi connectivity index (χ3n) is 3.69. The summed E-state index contributed by atoms with van der Waals surface area (Å²) in [6, 6.07) is 6.80. The fourth-order valence-electron chi connectivity index (χ4n) is 2.43. The molecule has 24 heavy (non-hydrogen) atoms. The molecule has 1 aliphatic heterocycles. The minimum atomic E-state index is -1.04. The first-order valence-electron chi connectivity index (χ1n) is 7.49. The standard InChI is InChI=1S/C17H20N2O3S2/c1-10(2)14(16(21)22)19-15(20)13(24-17(19)23)9-11-5-7-12(8-6-11)18(3)4/h5-10,14H,1-4H3,(H,21,22)/b13-9-. The van der Waals surface area contributed by atoms with Crippen LogP contribution in [0.3, 0.4) is 0 Å². The SMILES string of the molecule is CC(C)C(C(=O)O)N1C(=O)/C(=C/c2ccc(N(C)C)cc2)SC1=S. The lowest BCUT2D eigenvalue weighted by molar-refractivity contribution is -0.146. The van der Waals surface area contributed by atoms with E-state index in [1.807, 2.05) is 43.3 Å². The van der Waals surface area contributed by atoms with Crippen molar-refractivity contribution in [2.75, 3.05) is 19.0 Å². The molecular formula is C17H20N2O3S2.